The van der Waals surface area contributed by atoms with Gasteiger partial charge in [0.15, 0.2) is 0 Å². The average Bonchev–Trinajstić information content (AvgIpc) is 2.35. The predicted molar refractivity (Wildman–Crippen MR) is 70.9 cm³/mol. The van der Waals surface area contributed by atoms with E-state index in [2.05, 4.69) is 5.32 Å². The van der Waals surface area contributed by atoms with Crippen LogP contribution in [-0.4, -0.2) is 43.6 Å². The van der Waals surface area contributed by atoms with Crippen LogP contribution < -0.4 is 10.1 Å². The van der Waals surface area contributed by atoms with Gasteiger partial charge in [0.2, 0.25) is 0 Å². The summed E-state index contributed by atoms with van der Waals surface area (Å²) in [5.41, 5.74) is 0.0327. The number of nitrogens with one attached hydrogen (secondary N) is 1. The first kappa shape index (κ1) is 13.8. The number of carbonyl (C=O) groups is 1. The van der Waals surface area contributed by atoms with Crippen LogP contribution in [0.3, 0.4) is 0 Å². The molecule has 5 heteroatoms. The molecule has 104 valence electrons. The predicted octanol–water partition coefficient (Wildman–Crippen LogP) is 1.66. The smallest absolute Gasteiger partial charge is 0.260 e. The van der Waals surface area contributed by atoms with Gasteiger partial charge < -0.3 is 15.0 Å². The van der Waals surface area contributed by atoms with Crippen molar-refractivity contribution in [1.29, 1.82) is 0 Å². The third-order valence-electron chi connectivity index (χ3n) is 3.34. The number of rotatable bonds is 5. The number of hydrogen-bond donors (Lipinski definition) is 1. The lowest BCUT2D eigenvalue weighted by molar-refractivity contribution is 0.0607. The first-order chi connectivity index (χ1) is 9.19. The molecule has 1 aliphatic heterocycles. The monoisotopic (exact) mass is 266 g/mol. The fourth-order valence-corrected chi connectivity index (χ4v) is 2.21. The molecular formula is C14H19FN2O2. The Morgan fingerprint density at radius 1 is 1.53 bits per heavy atom. The average molecular weight is 266 g/mol. The zero-order valence-corrected chi connectivity index (χ0v) is 11.3. The molecule has 1 aromatic carbocycles. The maximum absolute atomic E-state index is 13.9. The molecule has 1 amide bonds. The maximum atomic E-state index is 13.9. The molecular weight excluding hydrogens is 247 g/mol. The van der Waals surface area contributed by atoms with E-state index in [1.54, 1.807) is 17.0 Å². The second-order valence-electron chi connectivity index (χ2n) is 4.63. The van der Waals surface area contributed by atoms with Crippen molar-refractivity contribution in [3.8, 4) is 5.75 Å². The van der Waals surface area contributed by atoms with Crippen molar-refractivity contribution in [2.24, 2.45) is 0 Å². The van der Waals surface area contributed by atoms with Gasteiger partial charge in [0.1, 0.15) is 17.1 Å². The van der Waals surface area contributed by atoms with E-state index >= 15 is 0 Å². The van der Waals surface area contributed by atoms with E-state index in [-0.39, 0.29) is 17.5 Å². The minimum atomic E-state index is -0.530. The molecule has 1 aliphatic rings. The molecule has 4 nitrogen and oxygen atoms in total. The summed E-state index contributed by atoms with van der Waals surface area (Å²) >= 11 is 0. The van der Waals surface area contributed by atoms with E-state index in [1.807, 2.05) is 6.92 Å². The molecule has 0 atom stereocenters. The molecule has 0 aromatic heterocycles. The van der Waals surface area contributed by atoms with Crippen molar-refractivity contribution in [1.82, 2.24) is 10.2 Å². The Morgan fingerprint density at radius 2 is 2.26 bits per heavy atom. The summed E-state index contributed by atoms with van der Waals surface area (Å²) in [5, 5.41) is 3.13. The molecule has 0 spiro atoms. The molecule has 0 radical (unpaired) electrons. The summed E-state index contributed by atoms with van der Waals surface area (Å²) in [6.45, 7) is 4.17. The van der Waals surface area contributed by atoms with Gasteiger partial charge in [0.25, 0.3) is 5.91 Å². The number of nitrogens with zero attached hydrogens (tertiary/aromatic N) is 1. The lowest BCUT2D eigenvalue weighted by atomic mass is 10.1. The zero-order valence-electron chi connectivity index (χ0n) is 11.3. The Labute approximate surface area is 112 Å². The minimum absolute atomic E-state index is 0.0327. The van der Waals surface area contributed by atoms with Gasteiger partial charge in [0, 0.05) is 19.6 Å². The minimum Gasteiger partial charge on any atom is -0.496 e. The van der Waals surface area contributed by atoms with Crippen LogP contribution in [0.25, 0.3) is 0 Å². The number of hydrogen-bond acceptors (Lipinski definition) is 3. The molecule has 0 aliphatic carbocycles. The van der Waals surface area contributed by atoms with E-state index in [0.29, 0.717) is 12.3 Å². The topological polar surface area (TPSA) is 41.6 Å². The Morgan fingerprint density at radius 3 is 2.79 bits per heavy atom. The molecule has 0 bridgehead atoms. The van der Waals surface area contributed by atoms with Gasteiger partial charge in [-0.05, 0) is 18.6 Å². The number of halogens is 1. The molecule has 19 heavy (non-hydrogen) atoms. The second kappa shape index (κ2) is 6.02. The van der Waals surface area contributed by atoms with Gasteiger partial charge in [-0.2, -0.15) is 0 Å². The number of ether oxygens (including phenoxy) is 1. The van der Waals surface area contributed by atoms with Crippen molar-refractivity contribution in [3.63, 3.8) is 0 Å². The van der Waals surface area contributed by atoms with E-state index in [0.717, 1.165) is 19.5 Å². The van der Waals surface area contributed by atoms with Gasteiger partial charge in [-0.15, -0.1) is 0 Å². The van der Waals surface area contributed by atoms with Crippen molar-refractivity contribution < 1.29 is 13.9 Å². The summed E-state index contributed by atoms with van der Waals surface area (Å²) < 4.78 is 19.0. The summed E-state index contributed by atoms with van der Waals surface area (Å²) in [5.74, 6) is -0.528. The summed E-state index contributed by atoms with van der Waals surface area (Å²) in [6.07, 6.45) is 0.846. The number of benzene rings is 1. The molecule has 1 aromatic rings. The molecule has 1 heterocycles. The third-order valence-corrected chi connectivity index (χ3v) is 3.34. The van der Waals surface area contributed by atoms with Crippen LogP contribution in [-0.2, 0) is 0 Å². The van der Waals surface area contributed by atoms with E-state index in [1.165, 1.54) is 13.2 Å². The number of amides is 1. The standard InChI is InChI=1S/C14H19FN2O2/c1-3-7-17(10-8-16-9-10)14(18)13-11(15)5-4-6-12(13)19-2/h4-6,10,16H,3,7-9H2,1-2H3. The Hall–Kier alpha value is -1.62. The van der Waals surface area contributed by atoms with Crippen molar-refractivity contribution in [3.05, 3.63) is 29.6 Å². The fraction of sp³-hybridized carbons (Fsp3) is 0.500. The highest BCUT2D eigenvalue weighted by atomic mass is 19.1. The summed E-state index contributed by atoms with van der Waals surface area (Å²) in [7, 11) is 1.45. The van der Waals surface area contributed by atoms with Crippen LogP contribution in [0.2, 0.25) is 0 Å². The summed E-state index contributed by atoms with van der Waals surface area (Å²) in [6, 6.07) is 4.59. The highest BCUT2D eigenvalue weighted by Crippen LogP contribution is 2.24. The second-order valence-corrected chi connectivity index (χ2v) is 4.63. The van der Waals surface area contributed by atoms with Crippen LogP contribution in [0.4, 0.5) is 4.39 Å². The quantitative estimate of drug-likeness (QED) is 0.881. The van der Waals surface area contributed by atoms with Crippen LogP contribution in [0.1, 0.15) is 23.7 Å². The van der Waals surface area contributed by atoms with E-state index in [9.17, 15) is 9.18 Å². The lowest BCUT2D eigenvalue weighted by Gasteiger charge is -2.38. The van der Waals surface area contributed by atoms with Crippen LogP contribution in [0.5, 0.6) is 5.75 Å². The van der Waals surface area contributed by atoms with Crippen LogP contribution >= 0.6 is 0 Å². The van der Waals surface area contributed by atoms with Crippen LogP contribution in [0.15, 0.2) is 18.2 Å². The first-order valence-corrected chi connectivity index (χ1v) is 6.53. The van der Waals surface area contributed by atoms with Gasteiger partial charge in [-0.1, -0.05) is 13.0 Å². The molecule has 1 N–H and O–H groups in total. The first-order valence-electron chi connectivity index (χ1n) is 6.53. The molecule has 1 fully saturated rings. The van der Waals surface area contributed by atoms with Crippen molar-refractivity contribution in [2.75, 3.05) is 26.7 Å². The maximum Gasteiger partial charge on any atom is 0.260 e. The molecule has 1 saturated heterocycles. The Balaban J connectivity index is 2.30. The molecule has 2 rings (SSSR count). The Bertz CT molecular complexity index is 461. The highest BCUT2D eigenvalue weighted by Gasteiger charge is 2.31. The fourth-order valence-electron chi connectivity index (χ4n) is 2.21. The van der Waals surface area contributed by atoms with Gasteiger partial charge in [0.05, 0.1) is 13.2 Å². The number of methoxy groups -OCH3 is 1. The Kier molecular flexibility index (Phi) is 4.37. The van der Waals surface area contributed by atoms with Crippen molar-refractivity contribution in [2.45, 2.75) is 19.4 Å². The lowest BCUT2D eigenvalue weighted by Crippen LogP contribution is -2.59. The van der Waals surface area contributed by atoms with Crippen LogP contribution in [0, 0.1) is 5.82 Å². The highest BCUT2D eigenvalue weighted by molar-refractivity contribution is 5.97. The molecule has 0 saturated carbocycles. The number of carbonyl (C=O) groups excluding carboxylic acids is 1. The van der Waals surface area contributed by atoms with Gasteiger partial charge in [-0.3, -0.25) is 4.79 Å². The molecule has 0 unspecified atom stereocenters. The third kappa shape index (κ3) is 2.71. The van der Waals surface area contributed by atoms with E-state index < -0.39 is 5.82 Å². The zero-order chi connectivity index (χ0) is 13.8. The SMILES string of the molecule is CCCN(C(=O)c1c(F)cccc1OC)C1CNC1. The van der Waals surface area contributed by atoms with Gasteiger partial charge >= 0.3 is 0 Å². The van der Waals surface area contributed by atoms with E-state index in [4.69, 9.17) is 4.74 Å². The van der Waals surface area contributed by atoms with Gasteiger partial charge in [-0.25, -0.2) is 4.39 Å². The van der Waals surface area contributed by atoms with Crippen molar-refractivity contribution >= 4 is 5.91 Å². The summed E-state index contributed by atoms with van der Waals surface area (Å²) in [4.78, 5) is 14.3. The largest absolute Gasteiger partial charge is 0.496 e. The normalized spacial score (nSPS) is 14.9.